The fraction of sp³-hybridized carbons (Fsp3) is 0.143. The van der Waals surface area contributed by atoms with Gasteiger partial charge in [0.2, 0.25) is 0 Å². The maximum atomic E-state index is 11.4. The van der Waals surface area contributed by atoms with Crippen LogP contribution >= 0.6 is 22.5 Å². The Hall–Kier alpha value is -2.26. The Bertz CT molecular complexity index is 750. The molecule has 9 heteroatoms. The number of ether oxygens (including phenoxy) is 1. The van der Waals surface area contributed by atoms with Gasteiger partial charge in [-0.1, -0.05) is 22.9 Å². The Kier molecular flexibility index (Phi) is 5.45. The summed E-state index contributed by atoms with van der Waals surface area (Å²) < 4.78 is 5.05. The van der Waals surface area contributed by atoms with Gasteiger partial charge < -0.3 is 4.74 Å². The van der Waals surface area contributed by atoms with E-state index in [0.29, 0.717) is 11.3 Å². The van der Waals surface area contributed by atoms with E-state index in [4.69, 9.17) is 4.74 Å². The van der Waals surface area contributed by atoms with Gasteiger partial charge in [-0.3, -0.25) is 20.2 Å². The van der Waals surface area contributed by atoms with Crippen molar-refractivity contribution in [2.24, 2.45) is 0 Å². The average Bonchev–Trinajstić information content (AvgIpc) is 2.54. The van der Waals surface area contributed by atoms with Crippen LogP contribution in [0.15, 0.2) is 41.3 Å². The number of nitro groups is 2. The molecule has 0 saturated heterocycles. The van der Waals surface area contributed by atoms with Crippen LogP contribution in [-0.4, -0.2) is 17.0 Å². The van der Waals surface area contributed by atoms with E-state index in [0.717, 1.165) is 10.8 Å². The lowest BCUT2D eigenvalue weighted by atomic mass is 10.0. The third-order valence-electron chi connectivity index (χ3n) is 3.24. The van der Waals surface area contributed by atoms with Crippen molar-refractivity contribution in [3.05, 3.63) is 67.8 Å². The first-order chi connectivity index (χ1) is 11.0. The van der Waals surface area contributed by atoms with Gasteiger partial charge in [0, 0.05) is 12.5 Å². The van der Waals surface area contributed by atoms with E-state index in [1.165, 1.54) is 19.2 Å². The molecule has 2 aromatic rings. The molecule has 0 aromatic heterocycles. The SMILES string of the molecule is COc1ccc(Cc2c([N+](=O)[O-])ccc(SS)c2[N+](=O)[O-])cc1. The van der Waals surface area contributed by atoms with Crippen molar-refractivity contribution in [1.82, 2.24) is 0 Å². The van der Waals surface area contributed by atoms with Gasteiger partial charge in [-0.05, 0) is 23.8 Å². The highest BCUT2D eigenvalue weighted by atomic mass is 33.1. The van der Waals surface area contributed by atoms with Crippen molar-refractivity contribution in [2.45, 2.75) is 11.3 Å². The molecule has 0 fully saturated rings. The van der Waals surface area contributed by atoms with E-state index in [1.807, 2.05) is 0 Å². The lowest BCUT2D eigenvalue weighted by molar-refractivity contribution is -0.397. The highest BCUT2D eigenvalue weighted by Crippen LogP contribution is 2.40. The molecule has 0 amide bonds. The molecule has 0 aliphatic carbocycles. The van der Waals surface area contributed by atoms with Gasteiger partial charge in [0.15, 0.2) is 0 Å². The van der Waals surface area contributed by atoms with Crippen molar-refractivity contribution in [2.75, 3.05) is 7.11 Å². The van der Waals surface area contributed by atoms with Crippen LogP contribution in [0.2, 0.25) is 0 Å². The quantitative estimate of drug-likeness (QED) is 0.365. The summed E-state index contributed by atoms with van der Waals surface area (Å²) in [6, 6.07) is 9.43. The predicted octanol–water partition coefficient (Wildman–Crippen LogP) is 4.04. The molecule has 0 aliphatic rings. The molecule has 2 aromatic carbocycles. The van der Waals surface area contributed by atoms with Gasteiger partial charge in [-0.2, -0.15) is 0 Å². The topological polar surface area (TPSA) is 95.5 Å². The maximum absolute atomic E-state index is 11.4. The van der Waals surface area contributed by atoms with Gasteiger partial charge in [0.25, 0.3) is 11.4 Å². The monoisotopic (exact) mass is 352 g/mol. The first-order valence-electron chi connectivity index (χ1n) is 6.37. The highest BCUT2D eigenvalue weighted by Gasteiger charge is 2.28. The van der Waals surface area contributed by atoms with Crippen molar-refractivity contribution in [1.29, 1.82) is 0 Å². The van der Waals surface area contributed by atoms with Crippen molar-refractivity contribution in [3.63, 3.8) is 0 Å². The minimum Gasteiger partial charge on any atom is -0.497 e. The summed E-state index contributed by atoms with van der Waals surface area (Å²) in [5.74, 6) is 0.636. The first-order valence-corrected chi connectivity index (χ1v) is 8.23. The third kappa shape index (κ3) is 3.74. The van der Waals surface area contributed by atoms with Crippen molar-refractivity contribution in [3.8, 4) is 5.75 Å². The molecule has 0 N–H and O–H groups in total. The van der Waals surface area contributed by atoms with Crippen LogP contribution in [0.25, 0.3) is 0 Å². The Morgan fingerprint density at radius 3 is 2.22 bits per heavy atom. The van der Waals surface area contributed by atoms with Crippen LogP contribution in [0.1, 0.15) is 11.1 Å². The molecule has 120 valence electrons. The molecule has 0 bridgehead atoms. The van der Waals surface area contributed by atoms with Gasteiger partial charge >= 0.3 is 0 Å². The van der Waals surface area contributed by atoms with Crippen LogP contribution in [0.3, 0.4) is 0 Å². The minimum atomic E-state index is -0.612. The minimum absolute atomic E-state index is 0.0595. The predicted molar refractivity (Wildman–Crippen MR) is 90.4 cm³/mol. The Balaban J connectivity index is 2.56. The zero-order valence-corrected chi connectivity index (χ0v) is 13.7. The molecule has 0 radical (unpaired) electrons. The zero-order chi connectivity index (χ0) is 17.0. The van der Waals surface area contributed by atoms with E-state index >= 15 is 0 Å². The van der Waals surface area contributed by atoms with E-state index in [9.17, 15) is 20.2 Å². The summed E-state index contributed by atoms with van der Waals surface area (Å²) in [6.45, 7) is 0. The molecule has 0 unspecified atom stereocenters. The van der Waals surface area contributed by atoms with E-state index < -0.39 is 9.85 Å². The van der Waals surface area contributed by atoms with E-state index in [-0.39, 0.29) is 28.3 Å². The van der Waals surface area contributed by atoms with E-state index in [2.05, 4.69) is 11.7 Å². The molecular weight excluding hydrogens is 340 g/mol. The van der Waals surface area contributed by atoms with Gasteiger partial charge in [-0.25, -0.2) is 0 Å². The maximum Gasteiger partial charge on any atom is 0.294 e. The zero-order valence-electron chi connectivity index (χ0n) is 12.0. The molecule has 0 atom stereocenters. The number of hydrogen-bond acceptors (Lipinski definition) is 7. The van der Waals surface area contributed by atoms with Gasteiger partial charge in [0.05, 0.1) is 21.9 Å². The lowest BCUT2D eigenvalue weighted by Crippen LogP contribution is -2.03. The fourth-order valence-electron chi connectivity index (χ4n) is 2.17. The number of benzene rings is 2. The van der Waals surface area contributed by atoms with Crippen molar-refractivity contribution >= 4 is 33.8 Å². The second-order valence-corrected chi connectivity index (χ2v) is 5.71. The van der Waals surface area contributed by atoms with Crippen LogP contribution in [-0.2, 0) is 6.42 Å². The number of thiol groups is 1. The number of rotatable bonds is 6. The lowest BCUT2D eigenvalue weighted by Gasteiger charge is -2.08. The van der Waals surface area contributed by atoms with Crippen LogP contribution in [0.4, 0.5) is 11.4 Å². The molecule has 23 heavy (non-hydrogen) atoms. The number of methoxy groups -OCH3 is 1. The Labute approximate surface area is 140 Å². The summed E-state index contributed by atoms with van der Waals surface area (Å²) in [6.07, 6.45) is 0.0683. The van der Waals surface area contributed by atoms with E-state index in [1.54, 1.807) is 24.3 Å². The van der Waals surface area contributed by atoms with Crippen molar-refractivity contribution < 1.29 is 14.6 Å². The summed E-state index contributed by atoms with van der Waals surface area (Å²) in [5, 5.41) is 22.6. The van der Waals surface area contributed by atoms with Crippen LogP contribution in [0.5, 0.6) is 5.75 Å². The molecular formula is C14H12N2O5S2. The summed E-state index contributed by atoms with van der Waals surface area (Å²) in [5.41, 5.74) is 0.205. The summed E-state index contributed by atoms with van der Waals surface area (Å²) >= 11 is 3.99. The molecule has 7 nitrogen and oxygen atoms in total. The number of hydrogen-bond donors (Lipinski definition) is 1. The summed E-state index contributed by atoms with van der Waals surface area (Å²) in [4.78, 5) is 21.7. The second kappa shape index (κ2) is 7.34. The molecule has 0 spiro atoms. The van der Waals surface area contributed by atoms with Gasteiger partial charge in [0.1, 0.15) is 11.3 Å². The largest absolute Gasteiger partial charge is 0.497 e. The average molecular weight is 352 g/mol. The number of nitrogens with zero attached hydrogens (tertiary/aromatic N) is 2. The molecule has 2 rings (SSSR count). The van der Waals surface area contributed by atoms with Gasteiger partial charge in [-0.15, -0.1) is 11.7 Å². The fourth-order valence-corrected chi connectivity index (χ4v) is 3.03. The number of nitro benzene ring substituents is 2. The first kappa shape index (κ1) is 17.1. The van der Waals surface area contributed by atoms with Crippen LogP contribution in [0, 0.1) is 20.2 Å². The standard InChI is InChI=1S/C14H12N2O5S2/c1-21-10-4-2-9(3-5-10)8-11-12(15(17)18)6-7-13(23-22)14(11)16(19)20/h2-7,22H,8H2,1H3. The molecule has 0 heterocycles. The Morgan fingerprint density at radius 2 is 1.74 bits per heavy atom. The Morgan fingerprint density at radius 1 is 1.09 bits per heavy atom. The molecule has 0 aliphatic heterocycles. The highest BCUT2D eigenvalue weighted by molar-refractivity contribution is 8.68. The normalized spacial score (nSPS) is 10.3. The second-order valence-electron chi connectivity index (χ2n) is 4.54. The molecule has 0 saturated carbocycles. The third-order valence-corrected chi connectivity index (χ3v) is 4.35. The smallest absolute Gasteiger partial charge is 0.294 e. The van der Waals surface area contributed by atoms with Crippen LogP contribution < -0.4 is 4.74 Å². The summed E-state index contributed by atoms with van der Waals surface area (Å²) in [7, 11) is 2.41.